The molecule has 0 radical (unpaired) electrons. The normalized spacial score (nSPS) is 14.1. The van der Waals surface area contributed by atoms with Crippen molar-refractivity contribution in [2.45, 2.75) is 13.0 Å². The van der Waals surface area contributed by atoms with Gasteiger partial charge in [0.2, 0.25) is 0 Å². The van der Waals surface area contributed by atoms with Crippen molar-refractivity contribution in [3.63, 3.8) is 0 Å². The van der Waals surface area contributed by atoms with Crippen molar-refractivity contribution >= 4 is 33.6 Å². The molecule has 0 saturated heterocycles. The summed E-state index contributed by atoms with van der Waals surface area (Å²) in [5.41, 5.74) is 0.495. The van der Waals surface area contributed by atoms with Crippen molar-refractivity contribution in [3.05, 3.63) is 33.8 Å². The molecule has 90 valence electrons. The zero-order valence-electron chi connectivity index (χ0n) is 8.62. The van der Waals surface area contributed by atoms with Crippen LogP contribution in [0, 0.1) is 0 Å². The smallest absolute Gasteiger partial charge is 0.177 e. The van der Waals surface area contributed by atoms with Gasteiger partial charge in [0.15, 0.2) is 0 Å². The number of benzene rings is 1. The Hall–Kier alpha value is -0.360. The molecule has 0 aliphatic heterocycles. The van der Waals surface area contributed by atoms with Crippen LogP contribution in [0.5, 0.6) is 0 Å². The van der Waals surface area contributed by atoms with E-state index in [0.717, 1.165) is 7.05 Å². The van der Waals surface area contributed by atoms with Crippen LogP contribution in [0.1, 0.15) is 18.5 Å². The number of hydrogen-bond acceptors (Lipinski definition) is 2. The summed E-state index contributed by atoms with van der Waals surface area (Å²) >= 11 is 11.6. The molecule has 0 amide bonds. The average molecular weight is 286 g/mol. The molecule has 0 spiro atoms. The summed E-state index contributed by atoms with van der Waals surface area (Å²) in [6, 6.07) is 3.92. The lowest BCUT2D eigenvalue weighted by Gasteiger charge is -2.21. The Morgan fingerprint density at radius 2 is 1.94 bits per heavy atom. The Morgan fingerprint density at radius 3 is 2.38 bits per heavy atom. The Bertz CT molecular complexity index is 492. The van der Waals surface area contributed by atoms with Crippen LogP contribution < -0.4 is 0 Å². The highest BCUT2D eigenvalue weighted by atomic mass is 35.5. The van der Waals surface area contributed by atoms with Crippen LogP contribution in [0.25, 0.3) is 0 Å². The molecule has 1 atom stereocenters. The van der Waals surface area contributed by atoms with Crippen molar-refractivity contribution in [2.75, 3.05) is 7.05 Å². The lowest BCUT2D eigenvalue weighted by molar-refractivity contribution is 0.373. The van der Waals surface area contributed by atoms with Gasteiger partial charge in [-0.3, -0.25) is 0 Å². The second-order valence-corrected chi connectivity index (χ2v) is 5.54. The first-order valence-electron chi connectivity index (χ1n) is 4.36. The summed E-state index contributed by atoms with van der Waals surface area (Å²) in [5, 5.41) is 0.738. The molecule has 1 aromatic rings. The maximum absolute atomic E-state index is 12.8. The van der Waals surface area contributed by atoms with Gasteiger partial charge in [0.1, 0.15) is 0 Å². The number of rotatable bonds is 3. The van der Waals surface area contributed by atoms with Crippen molar-refractivity contribution < 1.29 is 12.3 Å². The minimum atomic E-state index is -4.74. The number of hydrogen-bond donors (Lipinski definition) is 0. The molecule has 0 bridgehead atoms. The highest BCUT2D eigenvalue weighted by Crippen LogP contribution is 2.30. The molecular weight excluding hydrogens is 276 g/mol. The van der Waals surface area contributed by atoms with Gasteiger partial charge in [-0.05, 0) is 24.6 Å². The standard InChI is InChI=1S/C9H10Cl2FNO2S/c1-6(13(2)16(12,14)15)8-4-3-7(10)5-9(8)11/h3-6H,1-2H3. The molecule has 0 fully saturated rings. The second kappa shape index (κ2) is 4.87. The first-order chi connectivity index (χ1) is 7.23. The molecule has 1 aromatic carbocycles. The Balaban J connectivity index is 3.10. The van der Waals surface area contributed by atoms with E-state index in [9.17, 15) is 12.3 Å². The fraction of sp³-hybridized carbons (Fsp3) is 0.333. The van der Waals surface area contributed by atoms with E-state index in [2.05, 4.69) is 0 Å². The largest absolute Gasteiger partial charge is 0.375 e. The lowest BCUT2D eigenvalue weighted by Crippen LogP contribution is -2.26. The van der Waals surface area contributed by atoms with Gasteiger partial charge in [-0.15, -0.1) is 0 Å². The van der Waals surface area contributed by atoms with Gasteiger partial charge < -0.3 is 0 Å². The second-order valence-electron chi connectivity index (χ2n) is 3.30. The third-order valence-corrected chi connectivity index (χ3v) is 3.87. The van der Waals surface area contributed by atoms with Crippen LogP contribution in [-0.4, -0.2) is 19.8 Å². The first kappa shape index (κ1) is 13.7. The van der Waals surface area contributed by atoms with E-state index in [1.807, 2.05) is 0 Å². The van der Waals surface area contributed by atoms with E-state index in [4.69, 9.17) is 23.2 Å². The van der Waals surface area contributed by atoms with Gasteiger partial charge in [0.25, 0.3) is 0 Å². The molecule has 16 heavy (non-hydrogen) atoms. The van der Waals surface area contributed by atoms with Crippen LogP contribution in [0.2, 0.25) is 10.0 Å². The van der Waals surface area contributed by atoms with Gasteiger partial charge >= 0.3 is 10.4 Å². The van der Waals surface area contributed by atoms with Crippen LogP contribution in [0.15, 0.2) is 18.2 Å². The number of nitrogens with zero attached hydrogens (tertiary/aromatic N) is 1. The molecule has 1 rings (SSSR count). The monoisotopic (exact) mass is 285 g/mol. The molecule has 1 unspecified atom stereocenters. The molecule has 0 aliphatic rings. The molecule has 7 heteroatoms. The van der Waals surface area contributed by atoms with E-state index in [-0.39, 0.29) is 0 Å². The fourth-order valence-electron chi connectivity index (χ4n) is 1.23. The van der Waals surface area contributed by atoms with Crippen LogP contribution in [-0.2, 0) is 10.4 Å². The van der Waals surface area contributed by atoms with E-state index in [1.165, 1.54) is 13.0 Å². The minimum Gasteiger partial charge on any atom is -0.177 e. The summed E-state index contributed by atoms with van der Waals surface area (Å²) < 4.78 is 34.8. The molecule has 0 saturated carbocycles. The predicted octanol–water partition coefficient (Wildman–Crippen LogP) is 3.20. The van der Waals surface area contributed by atoms with Gasteiger partial charge in [-0.25, -0.2) is 0 Å². The van der Waals surface area contributed by atoms with Crippen molar-refractivity contribution in [3.8, 4) is 0 Å². The third kappa shape index (κ3) is 3.07. The minimum absolute atomic E-state index is 0.301. The zero-order valence-corrected chi connectivity index (χ0v) is 10.9. The Morgan fingerprint density at radius 1 is 1.38 bits per heavy atom. The maximum atomic E-state index is 12.8. The van der Waals surface area contributed by atoms with Gasteiger partial charge in [-0.1, -0.05) is 33.2 Å². The highest BCUT2D eigenvalue weighted by Gasteiger charge is 2.24. The van der Waals surface area contributed by atoms with Crippen LogP contribution in [0.3, 0.4) is 0 Å². The van der Waals surface area contributed by atoms with Crippen molar-refractivity contribution in [1.82, 2.24) is 4.31 Å². The first-order valence-corrected chi connectivity index (χ1v) is 6.45. The highest BCUT2D eigenvalue weighted by molar-refractivity contribution is 7.83. The molecule has 0 aromatic heterocycles. The zero-order chi connectivity index (χ0) is 12.5. The van der Waals surface area contributed by atoms with Crippen molar-refractivity contribution in [1.29, 1.82) is 0 Å². The van der Waals surface area contributed by atoms with E-state index in [1.54, 1.807) is 12.1 Å². The fourth-order valence-corrected chi connectivity index (χ4v) is 2.28. The lowest BCUT2D eigenvalue weighted by atomic mass is 10.1. The van der Waals surface area contributed by atoms with Crippen molar-refractivity contribution in [2.24, 2.45) is 0 Å². The van der Waals surface area contributed by atoms with Crippen LogP contribution in [0.4, 0.5) is 3.89 Å². The Labute approximate surface area is 104 Å². The molecule has 0 heterocycles. The molecular formula is C9H10Cl2FNO2S. The summed E-state index contributed by atoms with van der Waals surface area (Å²) in [5.74, 6) is 0. The Kier molecular flexibility index (Phi) is 4.17. The topological polar surface area (TPSA) is 37.4 Å². The molecule has 0 aliphatic carbocycles. The third-order valence-electron chi connectivity index (χ3n) is 2.30. The SMILES string of the molecule is CC(c1ccc(Cl)cc1Cl)N(C)S(=O)(=O)F. The molecule has 3 nitrogen and oxygen atoms in total. The maximum Gasteiger partial charge on any atom is 0.375 e. The predicted molar refractivity (Wildman–Crippen MR) is 62.7 cm³/mol. The molecule has 0 N–H and O–H groups in total. The summed E-state index contributed by atoms with van der Waals surface area (Å²) in [4.78, 5) is 0. The summed E-state index contributed by atoms with van der Waals surface area (Å²) in [6.07, 6.45) is 0. The van der Waals surface area contributed by atoms with E-state index >= 15 is 0 Å². The van der Waals surface area contributed by atoms with Gasteiger partial charge in [0, 0.05) is 17.1 Å². The number of halogens is 3. The van der Waals surface area contributed by atoms with Gasteiger partial charge in [0.05, 0.1) is 6.04 Å². The van der Waals surface area contributed by atoms with Crippen LogP contribution >= 0.6 is 23.2 Å². The summed E-state index contributed by atoms with van der Waals surface area (Å²) in [6.45, 7) is 1.53. The average Bonchev–Trinajstić information content (AvgIpc) is 2.14. The van der Waals surface area contributed by atoms with E-state index in [0.29, 0.717) is 19.9 Å². The quantitative estimate of drug-likeness (QED) is 0.800. The van der Waals surface area contributed by atoms with Gasteiger partial charge in [-0.2, -0.15) is 12.7 Å². The van der Waals surface area contributed by atoms with E-state index < -0.39 is 16.5 Å². The summed E-state index contributed by atoms with van der Waals surface area (Å²) in [7, 11) is -3.59.